The summed E-state index contributed by atoms with van der Waals surface area (Å²) in [4.78, 5) is 19.0. The molecule has 7 nitrogen and oxygen atoms in total. The summed E-state index contributed by atoms with van der Waals surface area (Å²) in [5, 5.41) is 17.0. The summed E-state index contributed by atoms with van der Waals surface area (Å²) in [6, 6.07) is 6.66. The van der Waals surface area contributed by atoms with E-state index in [1.54, 1.807) is 18.2 Å². The number of aliphatic hydroxyl groups excluding tert-OH is 1. The third kappa shape index (κ3) is 6.94. The number of guanidine groups is 1. The number of hydrogen-bond acceptors (Lipinski definition) is 4. The second kappa shape index (κ2) is 11.5. The van der Waals surface area contributed by atoms with Crippen molar-refractivity contribution in [3.8, 4) is 0 Å². The number of hydrogen-bond donors (Lipinski definition) is 3. The third-order valence-electron chi connectivity index (χ3n) is 5.71. The molecule has 3 N–H and O–H groups in total. The van der Waals surface area contributed by atoms with Crippen LogP contribution in [0.2, 0.25) is 0 Å². The number of aliphatic imine (C=N–C) groups is 1. The van der Waals surface area contributed by atoms with Gasteiger partial charge in [0, 0.05) is 30.2 Å². The van der Waals surface area contributed by atoms with Crippen LogP contribution in [0.5, 0.6) is 0 Å². The number of carbonyl (C=O) groups is 1. The molecule has 180 valence electrons. The van der Waals surface area contributed by atoms with Gasteiger partial charge in [0.1, 0.15) is 17.5 Å². The zero-order chi connectivity index (χ0) is 22.6. The summed E-state index contributed by atoms with van der Waals surface area (Å²) >= 11 is 0. The maximum Gasteiger partial charge on any atom is 0.410 e. The van der Waals surface area contributed by atoms with Gasteiger partial charge in [-0.05, 0) is 59.4 Å². The second-order valence-corrected chi connectivity index (χ2v) is 9.34. The van der Waals surface area contributed by atoms with Crippen LogP contribution < -0.4 is 10.6 Å². The number of fused-ring (bicyclic) bond motifs is 2. The molecule has 2 heterocycles. The molecule has 0 aromatic heterocycles. The molecule has 0 radical (unpaired) electrons. The van der Waals surface area contributed by atoms with Gasteiger partial charge in [-0.1, -0.05) is 18.2 Å². The maximum absolute atomic E-state index is 13.9. The molecule has 2 bridgehead atoms. The van der Waals surface area contributed by atoms with E-state index in [1.165, 1.54) is 6.07 Å². The van der Waals surface area contributed by atoms with E-state index in [2.05, 4.69) is 15.6 Å². The number of nitrogens with one attached hydrogen (secondary N) is 2. The van der Waals surface area contributed by atoms with Gasteiger partial charge in [0.05, 0.1) is 6.54 Å². The number of halogens is 2. The zero-order valence-electron chi connectivity index (χ0n) is 19.3. The van der Waals surface area contributed by atoms with Crippen LogP contribution in [0.25, 0.3) is 0 Å². The molecule has 3 atom stereocenters. The molecule has 1 amide bonds. The highest BCUT2D eigenvalue weighted by Crippen LogP contribution is 2.36. The van der Waals surface area contributed by atoms with Gasteiger partial charge in [0.15, 0.2) is 5.96 Å². The minimum Gasteiger partial charge on any atom is -0.444 e. The van der Waals surface area contributed by atoms with Gasteiger partial charge in [-0.2, -0.15) is 0 Å². The van der Waals surface area contributed by atoms with E-state index in [0.717, 1.165) is 25.7 Å². The number of aliphatic hydroxyl groups is 1. The van der Waals surface area contributed by atoms with Crippen molar-refractivity contribution in [3.05, 3.63) is 35.6 Å². The monoisotopic (exact) mass is 562 g/mol. The van der Waals surface area contributed by atoms with Crippen LogP contribution in [0.3, 0.4) is 0 Å². The van der Waals surface area contributed by atoms with Crippen molar-refractivity contribution in [2.24, 2.45) is 4.99 Å². The molecular formula is C23H36FIN4O3. The van der Waals surface area contributed by atoms with Crippen LogP contribution in [-0.2, 0) is 4.74 Å². The number of amides is 1. The summed E-state index contributed by atoms with van der Waals surface area (Å²) in [6.07, 6.45) is 2.34. The van der Waals surface area contributed by atoms with Crippen molar-refractivity contribution in [2.45, 2.75) is 83.2 Å². The largest absolute Gasteiger partial charge is 0.444 e. The maximum atomic E-state index is 13.9. The number of carbonyl (C=O) groups excluding carboxylic acids is 1. The Morgan fingerprint density at radius 3 is 2.47 bits per heavy atom. The van der Waals surface area contributed by atoms with Gasteiger partial charge in [-0.3, -0.25) is 4.99 Å². The lowest BCUT2D eigenvalue weighted by atomic mass is 9.98. The number of piperidine rings is 1. The Morgan fingerprint density at radius 2 is 1.91 bits per heavy atom. The first kappa shape index (κ1) is 26.6. The molecule has 2 aliphatic heterocycles. The summed E-state index contributed by atoms with van der Waals surface area (Å²) in [6.45, 7) is 8.35. The van der Waals surface area contributed by atoms with Crippen molar-refractivity contribution in [3.63, 3.8) is 0 Å². The molecule has 9 heteroatoms. The first-order valence-electron chi connectivity index (χ1n) is 11.2. The fourth-order valence-electron chi connectivity index (χ4n) is 4.44. The van der Waals surface area contributed by atoms with Crippen molar-refractivity contribution in [2.75, 3.05) is 13.1 Å². The molecule has 1 aromatic rings. The highest BCUT2D eigenvalue weighted by Gasteiger charge is 2.45. The summed E-state index contributed by atoms with van der Waals surface area (Å²) in [5.74, 6) is 0.155. The lowest BCUT2D eigenvalue weighted by molar-refractivity contribution is 0.00544. The Kier molecular flexibility index (Phi) is 9.56. The molecule has 2 fully saturated rings. The molecule has 0 aliphatic carbocycles. The smallest absolute Gasteiger partial charge is 0.410 e. The van der Waals surface area contributed by atoms with Crippen molar-refractivity contribution in [1.82, 2.24) is 15.5 Å². The van der Waals surface area contributed by atoms with Gasteiger partial charge in [0.25, 0.3) is 0 Å². The fraction of sp³-hybridized carbons (Fsp3) is 0.652. The summed E-state index contributed by atoms with van der Waals surface area (Å²) in [5.41, 5.74) is -0.263. The van der Waals surface area contributed by atoms with Crippen LogP contribution in [0, 0.1) is 5.82 Å². The van der Waals surface area contributed by atoms with Crippen molar-refractivity contribution >= 4 is 36.0 Å². The van der Waals surface area contributed by atoms with E-state index in [1.807, 2.05) is 32.6 Å². The quantitative estimate of drug-likeness (QED) is 0.288. The van der Waals surface area contributed by atoms with Gasteiger partial charge in [-0.25, -0.2) is 9.18 Å². The van der Waals surface area contributed by atoms with E-state index >= 15 is 0 Å². The molecule has 2 saturated heterocycles. The van der Waals surface area contributed by atoms with Crippen molar-refractivity contribution < 1.29 is 19.0 Å². The number of ether oxygens (including phenoxy) is 1. The minimum absolute atomic E-state index is 0. The molecule has 3 unspecified atom stereocenters. The van der Waals surface area contributed by atoms with Crippen LogP contribution >= 0.6 is 24.0 Å². The second-order valence-electron chi connectivity index (χ2n) is 9.34. The minimum atomic E-state index is -1.01. The topological polar surface area (TPSA) is 86.2 Å². The van der Waals surface area contributed by atoms with Crippen LogP contribution in [0.4, 0.5) is 9.18 Å². The van der Waals surface area contributed by atoms with E-state index in [-0.39, 0.29) is 60.3 Å². The predicted octanol–water partition coefficient (Wildman–Crippen LogP) is 3.96. The lowest BCUT2D eigenvalue weighted by Gasteiger charge is -2.40. The molecule has 1 aromatic carbocycles. The molecule has 0 spiro atoms. The van der Waals surface area contributed by atoms with Crippen molar-refractivity contribution in [1.29, 1.82) is 0 Å². The fourth-order valence-corrected chi connectivity index (χ4v) is 4.44. The molecule has 3 rings (SSSR count). The Labute approximate surface area is 207 Å². The third-order valence-corrected chi connectivity index (χ3v) is 5.71. The summed E-state index contributed by atoms with van der Waals surface area (Å²) < 4.78 is 19.5. The van der Waals surface area contributed by atoms with Crippen LogP contribution in [-0.4, -0.2) is 58.9 Å². The predicted molar refractivity (Wildman–Crippen MR) is 134 cm³/mol. The van der Waals surface area contributed by atoms with E-state index in [4.69, 9.17) is 4.74 Å². The Balaban J connectivity index is 0.00000363. The normalized spacial score (nSPS) is 23.9. The zero-order valence-corrected chi connectivity index (χ0v) is 21.6. The van der Waals surface area contributed by atoms with Crippen LogP contribution in [0.1, 0.15) is 65.0 Å². The van der Waals surface area contributed by atoms with Gasteiger partial charge in [-0.15, -0.1) is 24.0 Å². The highest BCUT2D eigenvalue weighted by atomic mass is 127. The SMILES string of the molecule is CCNC(=NCC(O)c1ccccc1F)NC1CC2CCC(C1)N2C(=O)OC(C)(C)C.I. The van der Waals surface area contributed by atoms with Gasteiger partial charge >= 0.3 is 6.09 Å². The average molecular weight is 562 g/mol. The summed E-state index contributed by atoms with van der Waals surface area (Å²) in [7, 11) is 0. The van der Waals surface area contributed by atoms with E-state index < -0.39 is 17.5 Å². The van der Waals surface area contributed by atoms with Crippen LogP contribution in [0.15, 0.2) is 29.3 Å². The Morgan fingerprint density at radius 1 is 1.28 bits per heavy atom. The molecular weight excluding hydrogens is 526 g/mol. The molecule has 0 saturated carbocycles. The number of nitrogens with zero attached hydrogens (tertiary/aromatic N) is 2. The van der Waals surface area contributed by atoms with Gasteiger partial charge in [0.2, 0.25) is 0 Å². The first-order chi connectivity index (χ1) is 14.7. The Bertz CT molecular complexity index is 788. The molecule has 2 aliphatic rings. The average Bonchev–Trinajstić information content (AvgIpc) is 2.96. The van der Waals surface area contributed by atoms with E-state index in [9.17, 15) is 14.3 Å². The molecule has 32 heavy (non-hydrogen) atoms. The Hall–Kier alpha value is -1.62. The number of rotatable bonds is 5. The standard InChI is InChI=1S/C23H35FN4O3.HI/c1-5-25-21(26-14-20(29)18-8-6-7-9-19(18)24)27-15-12-16-10-11-17(13-15)28(16)22(30)31-23(2,3)4;/h6-9,15-17,20,29H,5,10-14H2,1-4H3,(H2,25,26,27);1H. The lowest BCUT2D eigenvalue weighted by Crippen LogP contribution is -2.55. The van der Waals surface area contributed by atoms with Gasteiger partial charge < -0.3 is 25.4 Å². The van der Waals surface area contributed by atoms with E-state index in [0.29, 0.717) is 12.5 Å². The highest BCUT2D eigenvalue weighted by molar-refractivity contribution is 14.0. The number of benzene rings is 1. The first-order valence-corrected chi connectivity index (χ1v) is 11.2.